The number of carbonyl (C=O) groups excluding carboxylic acids is 2. The first-order chi connectivity index (χ1) is 29.9. The van der Waals surface area contributed by atoms with Gasteiger partial charge in [-0.2, -0.15) is 0 Å². The van der Waals surface area contributed by atoms with Crippen molar-refractivity contribution < 1.29 is 9.59 Å². The van der Waals surface area contributed by atoms with Crippen LogP contribution < -0.4 is 5.32 Å². The maximum atomic E-state index is 13.1. The van der Waals surface area contributed by atoms with Gasteiger partial charge >= 0.3 is 0 Å². The average Bonchev–Trinajstić information content (AvgIpc) is 4.16. The van der Waals surface area contributed by atoms with E-state index in [1.165, 1.54) is 155 Å². The number of hydrogen-bond donors (Lipinski definition) is 1. The fourth-order valence-corrected chi connectivity index (χ4v) is 14.0. The lowest BCUT2D eigenvalue weighted by molar-refractivity contribution is -0.134. The monoisotopic (exact) mass is 833 g/mol. The van der Waals surface area contributed by atoms with E-state index in [1.54, 1.807) is 22.3 Å². The Labute approximate surface area is 369 Å². The SMILES string of the molecule is CN(C(=O)CCN1CCC2(CCc3ccccc32)CC1)[C@H]1CCCC[C@@H]1N1CCCC1.O=C(CCN1CCC2(CCc3ccccc32)CC1)N[C@H]1CCCC[C@@H]1N1CCCC1. The van der Waals surface area contributed by atoms with Gasteiger partial charge in [-0.1, -0.05) is 74.2 Å². The van der Waals surface area contributed by atoms with E-state index in [1.807, 2.05) is 0 Å². The van der Waals surface area contributed by atoms with Gasteiger partial charge in [-0.25, -0.2) is 0 Å². The molecule has 0 bridgehead atoms. The predicted octanol–water partition coefficient (Wildman–Crippen LogP) is 8.10. The van der Waals surface area contributed by atoms with Crippen LogP contribution in [0.2, 0.25) is 0 Å². The summed E-state index contributed by atoms with van der Waals surface area (Å²) in [5.74, 6) is 0.639. The number of nitrogens with zero attached hydrogens (tertiary/aromatic N) is 5. The van der Waals surface area contributed by atoms with Crippen LogP contribution in [0.25, 0.3) is 0 Å². The molecule has 8 aliphatic rings. The van der Waals surface area contributed by atoms with Crippen LogP contribution in [-0.2, 0) is 33.3 Å². The van der Waals surface area contributed by atoms with Gasteiger partial charge in [-0.15, -0.1) is 0 Å². The Bertz CT molecular complexity index is 1750. The molecule has 4 aliphatic heterocycles. The summed E-state index contributed by atoms with van der Waals surface area (Å²) in [6.07, 6.45) is 26.9. The Morgan fingerprint density at radius 1 is 0.574 bits per heavy atom. The van der Waals surface area contributed by atoms with E-state index in [4.69, 9.17) is 0 Å². The van der Waals surface area contributed by atoms with Gasteiger partial charge < -0.3 is 20.0 Å². The zero-order chi connectivity index (χ0) is 41.7. The summed E-state index contributed by atoms with van der Waals surface area (Å²) in [4.78, 5) is 38.5. The molecule has 10 rings (SSSR count). The normalized spacial score (nSPS) is 28.9. The first-order valence-corrected chi connectivity index (χ1v) is 25.5. The minimum atomic E-state index is 0.276. The van der Waals surface area contributed by atoms with Crippen LogP contribution in [0.3, 0.4) is 0 Å². The predicted molar refractivity (Wildman–Crippen MR) is 248 cm³/mol. The molecule has 4 aliphatic carbocycles. The number of piperidine rings is 2. The second-order valence-corrected chi connectivity index (χ2v) is 21.0. The summed E-state index contributed by atoms with van der Waals surface area (Å²) in [7, 11) is 2.09. The van der Waals surface area contributed by atoms with E-state index >= 15 is 0 Å². The van der Waals surface area contributed by atoms with Gasteiger partial charge in [0.1, 0.15) is 0 Å². The first-order valence-electron chi connectivity index (χ1n) is 25.5. The number of rotatable bonds is 10. The van der Waals surface area contributed by atoms with Gasteiger partial charge in [0.25, 0.3) is 0 Å². The highest BCUT2D eigenvalue weighted by Gasteiger charge is 2.43. The lowest BCUT2D eigenvalue weighted by Crippen LogP contribution is -2.53. The fraction of sp³-hybridized carbons (Fsp3) is 0.736. The molecule has 0 radical (unpaired) electrons. The van der Waals surface area contributed by atoms with E-state index in [0.29, 0.717) is 53.7 Å². The summed E-state index contributed by atoms with van der Waals surface area (Å²) in [5.41, 5.74) is 7.22. The molecule has 61 heavy (non-hydrogen) atoms. The third-order valence-corrected chi connectivity index (χ3v) is 17.7. The van der Waals surface area contributed by atoms with Crippen molar-refractivity contribution in [2.45, 2.75) is 176 Å². The second kappa shape index (κ2) is 19.9. The molecule has 2 saturated carbocycles. The van der Waals surface area contributed by atoms with E-state index in [2.05, 4.69) is 85.4 Å². The Morgan fingerprint density at radius 2 is 1.05 bits per heavy atom. The first kappa shape index (κ1) is 43.5. The van der Waals surface area contributed by atoms with E-state index in [0.717, 1.165) is 39.3 Å². The van der Waals surface area contributed by atoms with Crippen molar-refractivity contribution in [1.82, 2.24) is 29.8 Å². The van der Waals surface area contributed by atoms with Gasteiger partial charge in [0.05, 0.1) is 0 Å². The molecule has 0 unspecified atom stereocenters. The van der Waals surface area contributed by atoms with Crippen molar-refractivity contribution in [3.8, 4) is 0 Å². The van der Waals surface area contributed by atoms with Crippen molar-refractivity contribution in [3.05, 3.63) is 70.8 Å². The third kappa shape index (κ3) is 9.83. The van der Waals surface area contributed by atoms with Crippen molar-refractivity contribution in [1.29, 1.82) is 0 Å². The molecule has 2 aromatic carbocycles. The van der Waals surface area contributed by atoms with Gasteiger partial charge in [0, 0.05) is 57.1 Å². The third-order valence-electron chi connectivity index (χ3n) is 17.7. The number of hydrogen-bond acceptors (Lipinski definition) is 6. The maximum absolute atomic E-state index is 13.1. The fourth-order valence-electron chi connectivity index (χ4n) is 14.0. The summed E-state index contributed by atoms with van der Waals surface area (Å²) in [5, 5.41) is 3.44. The molecule has 6 fully saturated rings. The van der Waals surface area contributed by atoms with Gasteiger partial charge in [-0.3, -0.25) is 19.4 Å². The van der Waals surface area contributed by atoms with E-state index in [-0.39, 0.29) is 5.91 Å². The highest BCUT2D eigenvalue weighted by Crippen LogP contribution is 2.47. The quantitative estimate of drug-likeness (QED) is 0.261. The van der Waals surface area contributed by atoms with Gasteiger partial charge in [-0.05, 0) is 188 Å². The molecule has 1 N–H and O–H groups in total. The number of fused-ring (bicyclic) bond motifs is 4. The van der Waals surface area contributed by atoms with Gasteiger partial charge in [0.2, 0.25) is 11.8 Å². The van der Waals surface area contributed by atoms with E-state index < -0.39 is 0 Å². The standard InChI is InChI=1S/C27H41N3O.C26H39N3O/c1-28(24-10-4-5-11-25(24)30-17-6-7-18-30)26(31)13-19-29-20-15-27(16-21-29)14-12-22-8-2-3-9-23(22)27;30-25(27-23-9-3-4-10-24(23)29-16-5-6-17-29)12-18-28-19-14-26(15-20-28)13-11-21-7-1-2-8-22(21)26/h2-3,8-9,24-25H,4-7,10-21H2,1H3;1-2,7-8,23-24H,3-6,9-20H2,(H,27,30)/t24-,25-;23-,24-/m00/s1. The van der Waals surface area contributed by atoms with Crippen LogP contribution in [0.15, 0.2) is 48.5 Å². The molecule has 4 heterocycles. The second-order valence-electron chi connectivity index (χ2n) is 21.0. The topological polar surface area (TPSA) is 62.4 Å². The van der Waals surface area contributed by atoms with Crippen LogP contribution in [0.5, 0.6) is 0 Å². The van der Waals surface area contributed by atoms with Crippen LogP contribution >= 0.6 is 0 Å². The molecule has 0 aromatic heterocycles. The maximum Gasteiger partial charge on any atom is 0.223 e. The lowest BCUT2D eigenvalue weighted by atomic mass is 9.74. The van der Waals surface area contributed by atoms with Crippen LogP contribution in [0.4, 0.5) is 0 Å². The average molecular weight is 833 g/mol. The number of nitrogens with one attached hydrogen (secondary N) is 1. The summed E-state index contributed by atoms with van der Waals surface area (Å²) < 4.78 is 0. The summed E-state index contributed by atoms with van der Waals surface area (Å²) in [6.45, 7) is 11.4. The van der Waals surface area contributed by atoms with Crippen LogP contribution in [0.1, 0.15) is 151 Å². The Kier molecular flexibility index (Phi) is 14.2. The number of benzene rings is 2. The van der Waals surface area contributed by atoms with Crippen molar-refractivity contribution in [2.24, 2.45) is 0 Å². The molecule has 2 spiro atoms. The van der Waals surface area contributed by atoms with Crippen LogP contribution in [0, 0.1) is 0 Å². The highest BCUT2D eigenvalue weighted by atomic mass is 16.2. The molecule has 4 saturated heterocycles. The summed E-state index contributed by atoms with van der Waals surface area (Å²) >= 11 is 0. The van der Waals surface area contributed by atoms with E-state index in [9.17, 15) is 9.59 Å². The largest absolute Gasteiger partial charge is 0.352 e. The Morgan fingerprint density at radius 3 is 1.62 bits per heavy atom. The number of carbonyl (C=O) groups is 2. The number of amides is 2. The molecule has 2 aromatic rings. The Hall–Kier alpha value is -2.78. The van der Waals surface area contributed by atoms with Crippen LogP contribution in [-0.4, -0.2) is 133 Å². The zero-order valence-electron chi connectivity index (χ0n) is 38.1. The molecule has 8 heteroatoms. The lowest BCUT2D eigenvalue weighted by Gasteiger charge is -2.43. The summed E-state index contributed by atoms with van der Waals surface area (Å²) in [6, 6.07) is 20.2. The number of likely N-dealkylation sites (tertiary alicyclic amines) is 4. The van der Waals surface area contributed by atoms with Gasteiger partial charge in [0.15, 0.2) is 0 Å². The molecular weight excluding hydrogens is 753 g/mol. The highest BCUT2D eigenvalue weighted by molar-refractivity contribution is 5.77. The zero-order valence-corrected chi connectivity index (χ0v) is 38.1. The molecule has 4 atom stereocenters. The van der Waals surface area contributed by atoms with Crippen molar-refractivity contribution >= 4 is 11.8 Å². The molecule has 334 valence electrons. The molecular formula is C53H80N6O2. The minimum absolute atomic E-state index is 0.276. The minimum Gasteiger partial charge on any atom is -0.352 e. The molecule has 2 amide bonds. The van der Waals surface area contributed by atoms with Crippen molar-refractivity contribution in [2.75, 3.05) is 72.5 Å². The Balaban J connectivity index is 0.000000156. The molecule has 8 nitrogen and oxygen atoms in total. The smallest absolute Gasteiger partial charge is 0.223 e. The number of aryl methyl sites for hydroxylation is 2. The van der Waals surface area contributed by atoms with Crippen molar-refractivity contribution in [3.63, 3.8) is 0 Å². The number of likely N-dealkylation sites (N-methyl/N-ethyl adjacent to an activating group) is 1.